The second kappa shape index (κ2) is 6.02. The van der Waals surface area contributed by atoms with Crippen LogP contribution in [0.5, 0.6) is 11.5 Å². The molecule has 0 spiro atoms. The van der Waals surface area contributed by atoms with E-state index < -0.39 is 0 Å². The third-order valence-electron chi connectivity index (χ3n) is 1.40. The maximum absolute atomic E-state index is 11.1. The predicted molar refractivity (Wildman–Crippen MR) is 42.4 cm³/mol. The fraction of sp³-hybridized carbons (Fsp3) is 0.222. The van der Waals surface area contributed by atoms with Crippen LogP contribution in [0.25, 0.3) is 0 Å². The van der Waals surface area contributed by atoms with Crippen LogP contribution in [0.4, 0.5) is 0 Å². The first-order chi connectivity index (χ1) is 5.77. The largest absolute Gasteiger partial charge is 1.00 e. The summed E-state index contributed by atoms with van der Waals surface area (Å²) in [4.78, 5) is 10.2. The van der Waals surface area contributed by atoms with Gasteiger partial charge in [0.1, 0.15) is 12.0 Å². The van der Waals surface area contributed by atoms with Crippen molar-refractivity contribution in [1.29, 1.82) is 0 Å². The molecule has 4 heteroatoms. The summed E-state index contributed by atoms with van der Waals surface area (Å²) in [7, 11) is 0. The van der Waals surface area contributed by atoms with Gasteiger partial charge in [0.2, 0.25) is 0 Å². The van der Waals surface area contributed by atoms with Crippen molar-refractivity contribution < 1.29 is 44.2 Å². The zero-order valence-electron chi connectivity index (χ0n) is 7.74. The third-order valence-corrected chi connectivity index (χ3v) is 1.40. The number of carbonyl (C=O) groups is 1. The van der Waals surface area contributed by atoms with E-state index in [2.05, 4.69) is 0 Å². The summed E-state index contributed by atoms with van der Waals surface area (Å²) < 4.78 is 5.01. The van der Waals surface area contributed by atoms with Gasteiger partial charge in [-0.15, -0.1) is 0 Å². The summed E-state index contributed by atoms with van der Waals surface area (Å²) in [6.45, 7) is 2.25. The molecule has 0 heterocycles. The van der Waals surface area contributed by atoms with Crippen LogP contribution >= 0.6 is 0 Å². The topological polar surface area (TPSA) is 49.4 Å². The average Bonchev–Trinajstić information content (AvgIpc) is 2.09. The van der Waals surface area contributed by atoms with E-state index >= 15 is 0 Å². The number of hydrogen-bond donors (Lipinski definition) is 0. The van der Waals surface area contributed by atoms with Gasteiger partial charge < -0.3 is 9.84 Å². The monoisotopic (exact) mass is 188 g/mol. The van der Waals surface area contributed by atoms with Gasteiger partial charge in [0.25, 0.3) is 0 Å². The van der Waals surface area contributed by atoms with Gasteiger partial charge in [-0.05, 0) is 19.1 Å². The Hall–Kier alpha value is -0.510. The van der Waals surface area contributed by atoms with Gasteiger partial charge in [-0.1, -0.05) is 11.8 Å². The Balaban J connectivity index is 0.00000144. The van der Waals surface area contributed by atoms with Crippen molar-refractivity contribution in [2.75, 3.05) is 6.61 Å². The van der Waals surface area contributed by atoms with Crippen molar-refractivity contribution in [2.24, 2.45) is 0 Å². The second-order valence-electron chi connectivity index (χ2n) is 2.26. The summed E-state index contributed by atoms with van der Waals surface area (Å²) in [6.07, 6.45) is 0.636. The Bertz CT molecular complexity index is 286. The zero-order chi connectivity index (χ0) is 8.97. The molecule has 1 rings (SSSR count). The molecule has 3 nitrogen and oxygen atoms in total. The molecule has 0 radical (unpaired) electrons. The number of rotatable bonds is 3. The van der Waals surface area contributed by atoms with E-state index in [1.807, 2.05) is 0 Å². The SMILES string of the molecule is CCOc1ccc(C=O)cc1[O-].[Na+]. The number of carbonyl (C=O) groups excluding carboxylic acids is 1. The van der Waals surface area contributed by atoms with Crippen molar-refractivity contribution in [3.63, 3.8) is 0 Å². The van der Waals surface area contributed by atoms with E-state index in [4.69, 9.17) is 4.74 Å². The van der Waals surface area contributed by atoms with Crippen molar-refractivity contribution in [2.45, 2.75) is 6.92 Å². The Morgan fingerprint density at radius 2 is 2.23 bits per heavy atom. The average molecular weight is 188 g/mol. The second-order valence-corrected chi connectivity index (χ2v) is 2.26. The molecule has 0 aliphatic carbocycles. The van der Waals surface area contributed by atoms with Crippen LogP contribution in [0.15, 0.2) is 18.2 Å². The molecule has 0 atom stereocenters. The van der Waals surface area contributed by atoms with Crippen LogP contribution in [-0.2, 0) is 0 Å². The predicted octanol–water partition coefficient (Wildman–Crippen LogP) is -2.02. The molecule has 0 aliphatic rings. The van der Waals surface area contributed by atoms with E-state index in [1.165, 1.54) is 12.1 Å². The molecule has 0 saturated carbocycles. The summed E-state index contributed by atoms with van der Waals surface area (Å²) in [5, 5.41) is 11.1. The zero-order valence-corrected chi connectivity index (χ0v) is 9.74. The molecule has 1 aromatic carbocycles. The first-order valence-electron chi connectivity index (χ1n) is 3.67. The van der Waals surface area contributed by atoms with Gasteiger partial charge in [0.05, 0.1) is 6.61 Å². The van der Waals surface area contributed by atoms with Crippen LogP contribution < -0.4 is 39.4 Å². The first-order valence-corrected chi connectivity index (χ1v) is 3.67. The molecule has 0 N–H and O–H groups in total. The minimum atomic E-state index is -0.249. The first kappa shape index (κ1) is 12.5. The molecular weight excluding hydrogens is 179 g/mol. The van der Waals surface area contributed by atoms with Gasteiger partial charge in [0.15, 0.2) is 0 Å². The molecule has 0 amide bonds. The molecule has 0 saturated heterocycles. The van der Waals surface area contributed by atoms with E-state index in [0.29, 0.717) is 24.2 Å². The van der Waals surface area contributed by atoms with E-state index in [1.54, 1.807) is 13.0 Å². The van der Waals surface area contributed by atoms with Crippen molar-refractivity contribution in [3.05, 3.63) is 23.8 Å². The number of hydrogen-bond acceptors (Lipinski definition) is 3. The van der Waals surface area contributed by atoms with Crippen LogP contribution in [-0.4, -0.2) is 12.9 Å². The van der Waals surface area contributed by atoms with Crippen LogP contribution in [0.2, 0.25) is 0 Å². The molecule has 0 aliphatic heterocycles. The molecule has 0 unspecified atom stereocenters. The van der Waals surface area contributed by atoms with Gasteiger partial charge in [0, 0.05) is 5.56 Å². The van der Waals surface area contributed by atoms with Crippen LogP contribution in [0, 0.1) is 0 Å². The number of benzene rings is 1. The Labute approximate surface area is 99.0 Å². The summed E-state index contributed by atoms with van der Waals surface area (Å²) >= 11 is 0. The quantitative estimate of drug-likeness (QED) is 0.406. The molecular formula is C9H9NaO3. The van der Waals surface area contributed by atoms with Gasteiger partial charge in [-0.2, -0.15) is 0 Å². The molecule has 0 bridgehead atoms. The Morgan fingerprint density at radius 3 is 2.69 bits per heavy atom. The van der Waals surface area contributed by atoms with Gasteiger partial charge in [-0.25, -0.2) is 0 Å². The number of aldehydes is 1. The van der Waals surface area contributed by atoms with Crippen LogP contribution in [0.1, 0.15) is 17.3 Å². The van der Waals surface area contributed by atoms with E-state index in [0.717, 1.165) is 0 Å². The smallest absolute Gasteiger partial charge is 0.870 e. The van der Waals surface area contributed by atoms with Crippen molar-refractivity contribution in [1.82, 2.24) is 0 Å². The minimum absolute atomic E-state index is 0. The fourth-order valence-corrected chi connectivity index (χ4v) is 0.873. The van der Waals surface area contributed by atoms with Gasteiger partial charge in [-0.3, -0.25) is 4.79 Å². The molecule has 0 aromatic heterocycles. The molecule has 64 valence electrons. The van der Waals surface area contributed by atoms with E-state index in [9.17, 15) is 9.90 Å². The van der Waals surface area contributed by atoms with Gasteiger partial charge >= 0.3 is 29.6 Å². The minimum Gasteiger partial charge on any atom is -0.870 e. The maximum atomic E-state index is 11.1. The summed E-state index contributed by atoms with van der Waals surface area (Å²) in [5.74, 6) is 0.0459. The Kier molecular flexibility index (Phi) is 5.79. The van der Waals surface area contributed by atoms with Crippen molar-refractivity contribution >= 4 is 6.29 Å². The standard InChI is InChI=1S/C9H10O3.Na/c1-2-12-9-4-3-7(6-10)5-8(9)11;/h3-6,11H,2H2,1H3;/q;+1/p-1. The van der Waals surface area contributed by atoms with Crippen LogP contribution in [0.3, 0.4) is 0 Å². The van der Waals surface area contributed by atoms with Crippen molar-refractivity contribution in [3.8, 4) is 11.5 Å². The fourth-order valence-electron chi connectivity index (χ4n) is 0.873. The Morgan fingerprint density at radius 1 is 1.54 bits per heavy atom. The maximum Gasteiger partial charge on any atom is 1.00 e. The molecule has 0 fully saturated rings. The summed E-state index contributed by atoms with van der Waals surface area (Å²) in [5.41, 5.74) is 0.378. The van der Waals surface area contributed by atoms with E-state index in [-0.39, 0.29) is 35.3 Å². The molecule has 13 heavy (non-hydrogen) atoms. The number of ether oxygens (including phenoxy) is 1. The third kappa shape index (κ3) is 3.38. The normalized spacial score (nSPS) is 8.69. The summed E-state index contributed by atoms with van der Waals surface area (Å²) in [6, 6.07) is 4.33. The molecule has 1 aromatic rings.